The van der Waals surface area contributed by atoms with Crippen LogP contribution >= 0.6 is 0 Å². The third-order valence-corrected chi connectivity index (χ3v) is 3.43. The quantitative estimate of drug-likeness (QED) is 0.867. The van der Waals surface area contributed by atoms with E-state index in [4.69, 9.17) is 9.47 Å². The van der Waals surface area contributed by atoms with Crippen molar-refractivity contribution in [3.05, 3.63) is 29.8 Å². The minimum atomic E-state index is 0.477. The normalized spacial score (nSPS) is 24.6. The van der Waals surface area contributed by atoms with Gasteiger partial charge in [0, 0.05) is 13.2 Å². The van der Waals surface area contributed by atoms with Gasteiger partial charge in [-0.3, -0.25) is 0 Å². The second kappa shape index (κ2) is 6.03. The van der Waals surface area contributed by atoms with Gasteiger partial charge in [0.25, 0.3) is 0 Å². The highest BCUT2D eigenvalue weighted by Gasteiger charge is 2.22. The van der Waals surface area contributed by atoms with Crippen LogP contribution in [0.2, 0.25) is 0 Å². The van der Waals surface area contributed by atoms with Crippen molar-refractivity contribution in [1.82, 2.24) is 5.32 Å². The van der Waals surface area contributed by atoms with E-state index in [1.54, 1.807) is 14.2 Å². The Hall–Kier alpha value is -1.06. The van der Waals surface area contributed by atoms with Gasteiger partial charge in [0.2, 0.25) is 0 Å². The van der Waals surface area contributed by atoms with Crippen molar-refractivity contribution < 1.29 is 9.47 Å². The number of piperidine rings is 1. The summed E-state index contributed by atoms with van der Waals surface area (Å²) in [5.74, 6) is 1.57. The molecule has 0 saturated carbocycles. The van der Waals surface area contributed by atoms with Crippen LogP contribution < -0.4 is 10.1 Å². The molecular weight excluding hydrogens is 214 g/mol. The lowest BCUT2D eigenvalue weighted by Gasteiger charge is -2.30. The van der Waals surface area contributed by atoms with Crippen LogP contribution in [0, 0.1) is 0 Å². The molecule has 1 N–H and O–H groups in total. The monoisotopic (exact) mass is 235 g/mol. The zero-order chi connectivity index (χ0) is 12.1. The number of hydrogen-bond acceptors (Lipinski definition) is 3. The smallest absolute Gasteiger partial charge is 0.119 e. The molecule has 2 unspecified atom stereocenters. The van der Waals surface area contributed by atoms with Crippen LogP contribution in [0.15, 0.2) is 24.3 Å². The summed E-state index contributed by atoms with van der Waals surface area (Å²) in [7, 11) is 3.48. The predicted octanol–water partition coefficient (Wildman–Crippen LogP) is 2.18. The Morgan fingerprint density at radius 1 is 1.35 bits per heavy atom. The van der Waals surface area contributed by atoms with E-state index in [2.05, 4.69) is 23.5 Å². The lowest BCUT2D eigenvalue weighted by molar-refractivity contribution is 0.149. The maximum atomic E-state index is 5.28. The molecule has 2 rings (SSSR count). The second-order valence-corrected chi connectivity index (χ2v) is 4.60. The van der Waals surface area contributed by atoms with Crippen molar-refractivity contribution in [2.45, 2.75) is 24.8 Å². The Morgan fingerprint density at radius 2 is 2.24 bits per heavy atom. The Bertz CT molecular complexity index is 352. The lowest BCUT2D eigenvalue weighted by Crippen LogP contribution is -2.40. The van der Waals surface area contributed by atoms with Gasteiger partial charge in [0.15, 0.2) is 0 Å². The largest absolute Gasteiger partial charge is 0.497 e. The summed E-state index contributed by atoms with van der Waals surface area (Å²) in [5, 5.41) is 3.49. The molecule has 3 nitrogen and oxygen atoms in total. The molecule has 0 bridgehead atoms. The van der Waals surface area contributed by atoms with Gasteiger partial charge in [-0.2, -0.15) is 0 Å². The molecule has 2 atom stereocenters. The number of nitrogens with one attached hydrogen (secondary N) is 1. The van der Waals surface area contributed by atoms with Crippen LogP contribution in [0.4, 0.5) is 0 Å². The van der Waals surface area contributed by atoms with Crippen molar-refractivity contribution in [1.29, 1.82) is 0 Å². The van der Waals surface area contributed by atoms with E-state index in [0.29, 0.717) is 12.0 Å². The minimum Gasteiger partial charge on any atom is -0.497 e. The summed E-state index contributed by atoms with van der Waals surface area (Å²) in [6.45, 7) is 1.86. The van der Waals surface area contributed by atoms with Gasteiger partial charge in [-0.05, 0) is 43.0 Å². The number of hydrogen-bond donors (Lipinski definition) is 1. The van der Waals surface area contributed by atoms with Gasteiger partial charge in [-0.15, -0.1) is 0 Å². The van der Waals surface area contributed by atoms with Crippen molar-refractivity contribution in [3.63, 3.8) is 0 Å². The van der Waals surface area contributed by atoms with E-state index < -0.39 is 0 Å². The zero-order valence-electron chi connectivity index (χ0n) is 10.6. The molecule has 0 amide bonds. The van der Waals surface area contributed by atoms with Crippen LogP contribution in [0.3, 0.4) is 0 Å². The molecule has 1 aliphatic rings. The molecule has 0 spiro atoms. The first-order chi connectivity index (χ1) is 8.33. The first kappa shape index (κ1) is 12.4. The Labute approximate surface area is 103 Å². The average molecular weight is 235 g/mol. The maximum absolute atomic E-state index is 5.28. The summed E-state index contributed by atoms with van der Waals surface area (Å²) < 4.78 is 10.5. The Kier molecular flexibility index (Phi) is 4.40. The number of benzene rings is 1. The third kappa shape index (κ3) is 3.20. The standard InChI is InChI=1S/C14H21NO2/c1-16-10-13-8-12(6-7-15-13)11-4-3-5-14(9-11)17-2/h3-5,9,12-13,15H,6-8,10H2,1-2H3. The molecule has 0 aliphatic carbocycles. The molecule has 0 radical (unpaired) electrons. The summed E-state index contributed by atoms with van der Waals surface area (Å²) in [5.41, 5.74) is 1.38. The zero-order valence-corrected chi connectivity index (χ0v) is 10.6. The fourth-order valence-electron chi connectivity index (χ4n) is 2.53. The molecule has 3 heteroatoms. The van der Waals surface area contributed by atoms with E-state index in [9.17, 15) is 0 Å². The van der Waals surface area contributed by atoms with Crippen molar-refractivity contribution in [3.8, 4) is 5.75 Å². The fraction of sp³-hybridized carbons (Fsp3) is 0.571. The first-order valence-corrected chi connectivity index (χ1v) is 6.19. The Balaban J connectivity index is 2.05. The molecular formula is C14H21NO2. The SMILES string of the molecule is COCC1CC(c2cccc(OC)c2)CCN1. The van der Waals surface area contributed by atoms with Crippen LogP contribution in [-0.2, 0) is 4.74 Å². The van der Waals surface area contributed by atoms with E-state index in [1.165, 1.54) is 12.0 Å². The molecule has 17 heavy (non-hydrogen) atoms. The van der Waals surface area contributed by atoms with Gasteiger partial charge >= 0.3 is 0 Å². The van der Waals surface area contributed by atoms with Gasteiger partial charge < -0.3 is 14.8 Å². The van der Waals surface area contributed by atoms with E-state index in [0.717, 1.165) is 25.3 Å². The van der Waals surface area contributed by atoms with Crippen molar-refractivity contribution in [2.24, 2.45) is 0 Å². The lowest BCUT2D eigenvalue weighted by atomic mass is 9.86. The molecule has 1 aliphatic heterocycles. The topological polar surface area (TPSA) is 30.5 Å². The summed E-state index contributed by atoms with van der Waals surface area (Å²) in [6, 6.07) is 8.89. The van der Waals surface area contributed by atoms with Gasteiger partial charge in [-0.25, -0.2) is 0 Å². The summed E-state index contributed by atoms with van der Waals surface area (Å²) in [4.78, 5) is 0. The van der Waals surface area contributed by atoms with Crippen molar-refractivity contribution >= 4 is 0 Å². The summed E-state index contributed by atoms with van der Waals surface area (Å²) in [6.07, 6.45) is 2.33. The molecule has 94 valence electrons. The number of ether oxygens (including phenoxy) is 2. The first-order valence-electron chi connectivity index (χ1n) is 6.19. The summed E-state index contributed by atoms with van der Waals surface area (Å²) >= 11 is 0. The fourth-order valence-corrected chi connectivity index (χ4v) is 2.53. The highest BCUT2D eigenvalue weighted by Crippen LogP contribution is 2.29. The number of rotatable bonds is 4. The van der Waals surface area contributed by atoms with Gasteiger partial charge in [0.1, 0.15) is 5.75 Å². The van der Waals surface area contributed by atoms with Crippen LogP contribution in [-0.4, -0.2) is 33.4 Å². The number of methoxy groups -OCH3 is 2. The molecule has 0 aromatic heterocycles. The molecule has 1 fully saturated rings. The maximum Gasteiger partial charge on any atom is 0.119 e. The third-order valence-electron chi connectivity index (χ3n) is 3.43. The van der Waals surface area contributed by atoms with E-state index in [1.807, 2.05) is 6.07 Å². The predicted molar refractivity (Wildman–Crippen MR) is 68.6 cm³/mol. The van der Waals surface area contributed by atoms with Crippen LogP contribution in [0.1, 0.15) is 24.3 Å². The van der Waals surface area contributed by atoms with Gasteiger partial charge in [-0.1, -0.05) is 12.1 Å². The second-order valence-electron chi connectivity index (χ2n) is 4.60. The van der Waals surface area contributed by atoms with Gasteiger partial charge in [0.05, 0.1) is 13.7 Å². The minimum absolute atomic E-state index is 0.477. The Morgan fingerprint density at radius 3 is 3.00 bits per heavy atom. The van der Waals surface area contributed by atoms with Crippen LogP contribution in [0.5, 0.6) is 5.75 Å². The van der Waals surface area contributed by atoms with E-state index in [-0.39, 0.29) is 0 Å². The van der Waals surface area contributed by atoms with Crippen LogP contribution in [0.25, 0.3) is 0 Å². The molecule has 1 aromatic carbocycles. The average Bonchev–Trinajstić information content (AvgIpc) is 2.40. The highest BCUT2D eigenvalue weighted by molar-refractivity contribution is 5.31. The highest BCUT2D eigenvalue weighted by atomic mass is 16.5. The van der Waals surface area contributed by atoms with E-state index >= 15 is 0 Å². The molecule has 1 saturated heterocycles. The van der Waals surface area contributed by atoms with Crippen molar-refractivity contribution in [2.75, 3.05) is 27.4 Å². The molecule has 1 heterocycles. The molecule has 1 aromatic rings.